The summed E-state index contributed by atoms with van der Waals surface area (Å²) in [7, 11) is 0. The molecule has 2 saturated carbocycles. The van der Waals surface area contributed by atoms with E-state index in [1.807, 2.05) is 0 Å². The Balaban J connectivity index is 2.11. The Morgan fingerprint density at radius 3 is 1.37 bits per heavy atom. The van der Waals surface area contributed by atoms with Crippen LogP contribution in [0.25, 0.3) is 0 Å². The first-order valence-corrected chi connectivity index (χ1v) is 8.93. The molecular formula is C19H36. The van der Waals surface area contributed by atoms with Crippen LogP contribution in [0.4, 0.5) is 0 Å². The van der Waals surface area contributed by atoms with Gasteiger partial charge in [-0.15, -0.1) is 0 Å². The van der Waals surface area contributed by atoms with Gasteiger partial charge in [-0.3, -0.25) is 0 Å². The normalized spacial score (nSPS) is 52.1. The highest BCUT2D eigenvalue weighted by Gasteiger charge is 2.43. The molecule has 2 rings (SSSR count). The molecule has 0 heteroatoms. The van der Waals surface area contributed by atoms with Crippen LogP contribution in [-0.4, -0.2) is 0 Å². The lowest BCUT2D eigenvalue weighted by molar-refractivity contribution is -0.00873. The molecule has 0 saturated heterocycles. The zero-order valence-corrected chi connectivity index (χ0v) is 14.2. The summed E-state index contributed by atoms with van der Waals surface area (Å²) in [5.74, 6) is 7.78. The summed E-state index contributed by atoms with van der Waals surface area (Å²) < 4.78 is 0. The Bertz CT molecular complexity index is 258. The van der Waals surface area contributed by atoms with Crippen LogP contribution < -0.4 is 0 Å². The lowest BCUT2D eigenvalue weighted by atomic mass is 9.55. The van der Waals surface area contributed by atoms with E-state index in [4.69, 9.17) is 0 Å². The van der Waals surface area contributed by atoms with Crippen LogP contribution in [0.2, 0.25) is 0 Å². The first-order chi connectivity index (χ1) is 8.93. The average Bonchev–Trinajstić information content (AvgIpc) is 2.31. The molecule has 0 heterocycles. The minimum Gasteiger partial charge on any atom is -0.0651 e. The standard InChI is InChI=1S/C19H36/c1-7-17-10-15(5)19(16(6)11-17)18-13(3)8-12(2)9-14(18)4/h12-19H,7-11H2,1-6H3. The van der Waals surface area contributed by atoms with Crippen molar-refractivity contribution >= 4 is 0 Å². The van der Waals surface area contributed by atoms with Crippen molar-refractivity contribution in [2.75, 3.05) is 0 Å². The van der Waals surface area contributed by atoms with Crippen LogP contribution >= 0.6 is 0 Å². The molecule has 4 unspecified atom stereocenters. The van der Waals surface area contributed by atoms with Gasteiger partial charge in [-0.2, -0.15) is 0 Å². The van der Waals surface area contributed by atoms with E-state index in [1.165, 1.54) is 32.1 Å². The molecule has 2 aliphatic rings. The van der Waals surface area contributed by atoms with Gasteiger partial charge < -0.3 is 0 Å². The molecule has 0 aliphatic heterocycles. The topological polar surface area (TPSA) is 0 Å². The smallest absolute Gasteiger partial charge is 0.0329 e. The first-order valence-electron chi connectivity index (χ1n) is 8.93. The van der Waals surface area contributed by atoms with Crippen molar-refractivity contribution in [3.05, 3.63) is 0 Å². The molecule has 0 N–H and O–H groups in total. The molecule has 0 aromatic heterocycles. The fraction of sp³-hybridized carbons (Fsp3) is 1.00. The van der Waals surface area contributed by atoms with Gasteiger partial charge in [0, 0.05) is 0 Å². The van der Waals surface area contributed by atoms with E-state index in [1.54, 1.807) is 0 Å². The van der Waals surface area contributed by atoms with Crippen molar-refractivity contribution in [1.29, 1.82) is 0 Å². The summed E-state index contributed by atoms with van der Waals surface area (Å²) >= 11 is 0. The molecular weight excluding hydrogens is 228 g/mol. The van der Waals surface area contributed by atoms with Crippen LogP contribution in [0.5, 0.6) is 0 Å². The summed E-state index contributed by atoms with van der Waals surface area (Å²) in [4.78, 5) is 0. The van der Waals surface area contributed by atoms with Crippen molar-refractivity contribution in [2.45, 2.75) is 73.6 Å². The molecule has 0 radical (unpaired) electrons. The van der Waals surface area contributed by atoms with E-state index in [0.717, 1.165) is 47.3 Å². The second-order valence-corrected chi connectivity index (χ2v) is 8.39. The molecule has 2 fully saturated rings. The maximum absolute atomic E-state index is 2.56. The highest BCUT2D eigenvalue weighted by Crippen LogP contribution is 2.51. The number of rotatable bonds is 2. The van der Waals surface area contributed by atoms with Gasteiger partial charge in [-0.1, -0.05) is 48.0 Å². The van der Waals surface area contributed by atoms with Crippen LogP contribution in [0.15, 0.2) is 0 Å². The van der Waals surface area contributed by atoms with Gasteiger partial charge in [-0.05, 0) is 73.0 Å². The van der Waals surface area contributed by atoms with Crippen molar-refractivity contribution in [1.82, 2.24) is 0 Å². The lowest BCUT2D eigenvalue weighted by Crippen LogP contribution is -2.43. The van der Waals surface area contributed by atoms with E-state index in [-0.39, 0.29) is 0 Å². The van der Waals surface area contributed by atoms with Crippen molar-refractivity contribution < 1.29 is 0 Å². The van der Waals surface area contributed by atoms with Crippen LogP contribution in [-0.2, 0) is 0 Å². The molecule has 4 atom stereocenters. The third-order valence-electron chi connectivity index (χ3n) is 6.61. The third-order valence-corrected chi connectivity index (χ3v) is 6.61. The van der Waals surface area contributed by atoms with Crippen molar-refractivity contribution in [2.24, 2.45) is 47.3 Å². The highest BCUT2D eigenvalue weighted by atomic mass is 14.5. The fourth-order valence-electron chi connectivity index (χ4n) is 6.11. The van der Waals surface area contributed by atoms with Gasteiger partial charge in [0.15, 0.2) is 0 Å². The second kappa shape index (κ2) is 6.19. The zero-order valence-electron chi connectivity index (χ0n) is 14.2. The zero-order chi connectivity index (χ0) is 14.2. The molecule has 0 spiro atoms. The molecule has 0 amide bonds. The first kappa shape index (κ1) is 15.4. The quantitative estimate of drug-likeness (QED) is 0.572. The molecule has 19 heavy (non-hydrogen) atoms. The van der Waals surface area contributed by atoms with Gasteiger partial charge in [0.2, 0.25) is 0 Å². The average molecular weight is 264 g/mol. The van der Waals surface area contributed by atoms with Crippen molar-refractivity contribution in [3.8, 4) is 0 Å². The Hall–Kier alpha value is 0. The third kappa shape index (κ3) is 3.19. The molecule has 0 nitrogen and oxygen atoms in total. The summed E-state index contributed by atoms with van der Waals surface area (Å²) in [6.45, 7) is 15.0. The molecule has 0 aromatic rings. The van der Waals surface area contributed by atoms with E-state index in [0.29, 0.717) is 0 Å². The van der Waals surface area contributed by atoms with Crippen molar-refractivity contribution in [3.63, 3.8) is 0 Å². The van der Waals surface area contributed by atoms with E-state index in [9.17, 15) is 0 Å². The summed E-state index contributed by atoms with van der Waals surface area (Å²) in [6.07, 6.45) is 7.34. The Morgan fingerprint density at radius 2 is 1.00 bits per heavy atom. The maximum Gasteiger partial charge on any atom is -0.0329 e. The summed E-state index contributed by atoms with van der Waals surface area (Å²) in [6, 6.07) is 0. The fourth-order valence-corrected chi connectivity index (χ4v) is 6.11. The molecule has 112 valence electrons. The van der Waals surface area contributed by atoms with Gasteiger partial charge in [0.05, 0.1) is 0 Å². The molecule has 0 bridgehead atoms. The highest BCUT2D eigenvalue weighted by molar-refractivity contribution is 4.92. The second-order valence-electron chi connectivity index (χ2n) is 8.39. The van der Waals surface area contributed by atoms with E-state index >= 15 is 0 Å². The maximum atomic E-state index is 2.56. The van der Waals surface area contributed by atoms with Crippen LogP contribution in [0.1, 0.15) is 73.6 Å². The van der Waals surface area contributed by atoms with Gasteiger partial charge in [0.25, 0.3) is 0 Å². The minimum atomic E-state index is 0.951. The number of hydrogen-bond acceptors (Lipinski definition) is 0. The molecule has 0 aromatic carbocycles. The van der Waals surface area contributed by atoms with Gasteiger partial charge in [-0.25, -0.2) is 0 Å². The number of hydrogen-bond donors (Lipinski definition) is 0. The summed E-state index contributed by atoms with van der Waals surface area (Å²) in [5, 5.41) is 0. The van der Waals surface area contributed by atoms with Crippen LogP contribution in [0, 0.1) is 47.3 Å². The Morgan fingerprint density at radius 1 is 0.632 bits per heavy atom. The lowest BCUT2D eigenvalue weighted by Gasteiger charge is -2.50. The summed E-state index contributed by atoms with van der Waals surface area (Å²) in [5.41, 5.74) is 0. The molecule has 2 aliphatic carbocycles. The van der Waals surface area contributed by atoms with Gasteiger partial charge >= 0.3 is 0 Å². The van der Waals surface area contributed by atoms with Crippen LogP contribution in [0.3, 0.4) is 0 Å². The monoisotopic (exact) mass is 264 g/mol. The predicted molar refractivity (Wildman–Crippen MR) is 85.0 cm³/mol. The Kier molecular flexibility index (Phi) is 5.01. The Labute approximate surface area is 121 Å². The van der Waals surface area contributed by atoms with E-state index < -0.39 is 0 Å². The largest absolute Gasteiger partial charge is 0.0651 e. The predicted octanol–water partition coefficient (Wildman–Crippen LogP) is 6.01. The van der Waals surface area contributed by atoms with Gasteiger partial charge in [0.1, 0.15) is 0 Å². The SMILES string of the molecule is CCC1CC(C)C(C2C(C)CC(C)CC2C)C(C)C1. The van der Waals surface area contributed by atoms with E-state index in [2.05, 4.69) is 41.5 Å². The minimum absolute atomic E-state index is 0.951.